The highest BCUT2D eigenvalue weighted by Crippen LogP contribution is 2.23. The molecule has 1 atom stereocenters. The van der Waals surface area contributed by atoms with Gasteiger partial charge in [0.2, 0.25) is 0 Å². The van der Waals surface area contributed by atoms with Crippen molar-refractivity contribution < 1.29 is 23.0 Å². The fourth-order valence-electron chi connectivity index (χ4n) is 1.37. The first kappa shape index (κ1) is 15.8. The molecule has 6 heteroatoms. The van der Waals surface area contributed by atoms with Crippen molar-refractivity contribution in [2.24, 2.45) is 0 Å². The molecule has 0 aliphatic heterocycles. The van der Waals surface area contributed by atoms with Crippen molar-refractivity contribution in [1.29, 1.82) is 0 Å². The van der Waals surface area contributed by atoms with Gasteiger partial charge in [0.15, 0.2) is 6.10 Å². The third-order valence-corrected chi connectivity index (χ3v) is 2.45. The van der Waals surface area contributed by atoms with Crippen molar-refractivity contribution in [3.63, 3.8) is 0 Å². The Morgan fingerprint density at radius 1 is 1.26 bits per heavy atom. The van der Waals surface area contributed by atoms with E-state index in [9.17, 15) is 13.2 Å². The molecule has 0 saturated carbocycles. The van der Waals surface area contributed by atoms with E-state index in [1.54, 1.807) is 24.3 Å². The van der Waals surface area contributed by atoms with Gasteiger partial charge in [-0.15, -0.1) is 0 Å². The van der Waals surface area contributed by atoms with Crippen LogP contribution in [0.2, 0.25) is 0 Å². The van der Waals surface area contributed by atoms with Gasteiger partial charge < -0.3 is 15.2 Å². The number of hydrogen-bond acceptors (Lipinski definition) is 3. The van der Waals surface area contributed by atoms with Crippen LogP contribution in [-0.2, 0) is 6.54 Å². The second-order valence-electron chi connectivity index (χ2n) is 4.51. The highest BCUT2D eigenvalue weighted by molar-refractivity contribution is 5.33. The second-order valence-corrected chi connectivity index (χ2v) is 4.51. The van der Waals surface area contributed by atoms with Crippen molar-refractivity contribution in [1.82, 2.24) is 5.32 Å². The molecule has 0 spiro atoms. The molecule has 1 unspecified atom stereocenters. The lowest BCUT2D eigenvalue weighted by atomic mass is 10.2. The molecule has 1 rings (SSSR count). The molecule has 3 nitrogen and oxygen atoms in total. The zero-order valence-electron chi connectivity index (χ0n) is 10.9. The summed E-state index contributed by atoms with van der Waals surface area (Å²) in [7, 11) is 0. The fraction of sp³-hybridized carbons (Fsp3) is 0.538. The van der Waals surface area contributed by atoms with E-state index in [1.165, 1.54) is 0 Å². The van der Waals surface area contributed by atoms with E-state index in [0.29, 0.717) is 12.3 Å². The van der Waals surface area contributed by atoms with Gasteiger partial charge in [-0.1, -0.05) is 32.0 Å². The first-order chi connectivity index (χ1) is 8.80. The summed E-state index contributed by atoms with van der Waals surface area (Å²) in [4.78, 5) is 0. The molecule has 0 heterocycles. The Bertz CT molecular complexity index is 394. The van der Waals surface area contributed by atoms with Gasteiger partial charge in [-0.3, -0.25) is 0 Å². The van der Waals surface area contributed by atoms with Crippen LogP contribution in [0.5, 0.6) is 5.75 Å². The van der Waals surface area contributed by atoms with E-state index in [0.717, 1.165) is 5.56 Å². The van der Waals surface area contributed by atoms with Gasteiger partial charge in [-0.25, -0.2) is 0 Å². The summed E-state index contributed by atoms with van der Waals surface area (Å²) in [5.74, 6) is 0.346. The summed E-state index contributed by atoms with van der Waals surface area (Å²) >= 11 is 0. The minimum Gasteiger partial charge on any atom is -0.490 e. The monoisotopic (exact) mass is 277 g/mol. The Morgan fingerprint density at radius 3 is 2.47 bits per heavy atom. The molecular weight excluding hydrogens is 259 g/mol. The van der Waals surface area contributed by atoms with Crippen LogP contribution < -0.4 is 10.1 Å². The number of halogens is 3. The van der Waals surface area contributed by atoms with Crippen LogP contribution in [0.25, 0.3) is 0 Å². The Morgan fingerprint density at radius 2 is 1.89 bits per heavy atom. The molecule has 1 aromatic rings. The highest BCUT2D eigenvalue weighted by atomic mass is 19.4. The van der Waals surface area contributed by atoms with Crippen LogP contribution in [0.15, 0.2) is 24.3 Å². The molecule has 0 fully saturated rings. The third-order valence-electron chi connectivity index (χ3n) is 2.45. The second kappa shape index (κ2) is 6.77. The minimum atomic E-state index is -4.66. The van der Waals surface area contributed by atoms with Gasteiger partial charge in [0, 0.05) is 18.2 Å². The first-order valence-electron chi connectivity index (χ1n) is 5.99. The molecular formula is C13H18F3NO2. The van der Waals surface area contributed by atoms with Crippen molar-refractivity contribution in [3.8, 4) is 5.75 Å². The summed E-state index contributed by atoms with van der Waals surface area (Å²) in [6.07, 6.45) is -7.14. The van der Waals surface area contributed by atoms with Gasteiger partial charge in [0.25, 0.3) is 0 Å². The van der Waals surface area contributed by atoms with Crippen LogP contribution in [0.4, 0.5) is 13.2 Å². The molecule has 0 radical (unpaired) electrons. The van der Waals surface area contributed by atoms with Crippen molar-refractivity contribution in [2.45, 2.75) is 38.7 Å². The number of rotatable bonds is 6. The zero-order chi connectivity index (χ0) is 14.5. The number of aliphatic hydroxyl groups excluding tert-OH is 1. The normalized spacial score (nSPS) is 13.6. The van der Waals surface area contributed by atoms with Crippen LogP contribution in [-0.4, -0.2) is 30.0 Å². The van der Waals surface area contributed by atoms with E-state index < -0.39 is 18.9 Å². The maximum Gasteiger partial charge on any atom is 0.417 e. The third kappa shape index (κ3) is 5.48. The molecule has 2 N–H and O–H groups in total. The van der Waals surface area contributed by atoms with E-state index in [4.69, 9.17) is 9.84 Å². The van der Waals surface area contributed by atoms with E-state index >= 15 is 0 Å². The van der Waals surface area contributed by atoms with Gasteiger partial charge in [0.1, 0.15) is 12.4 Å². The van der Waals surface area contributed by atoms with Gasteiger partial charge >= 0.3 is 6.18 Å². The van der Waals surface area contributed by atoms with Crippen LogP contribution in [0.1, 0.15) is 19.4 Å². The van der Waals surface area contributed by atoms with E-state index in [1.807, 2.05) is 13.8 Å². The lowest BCUT2D eigenvalue weighted by Gasteiger charge is -2.17. The maximum absolute atomic E-state index is 12.2. The van der Waals surface area contributed by atoms with Crippen molar-refractivity contribution in [3.05, 3.63) is 29.8 Å². The molecule has 0 amide bonds. The van der Waals surface area contributed by atoms with E-state index in [-0.39, 0.29) is 6.04 Å². The van der Waals surface area contributed by atoms with E-state index in [2.05, 4.69) is 5.32 Å². The lowest BCUT2D eigenvalue weighted by Crippen LogP contribution is -2.34. The Balaban J connectivity index is 2.62. The molecule has 0 aromatic heterocycles. The Kier molecular flexibility index (Phi) is 5.62. The van der Waals surface area contributed by atoms with Crippen LogP contribution in [0.3, 0.4) is 0 Å². The number of benzene rings is 1. The summed E-state index contributed by atoms with van der Waals surface area (Å²) in [6.45, 7) is 3.63. The lowest BCUT2D eigenvalue weighted by molar-refractivity contribution is -0.210. The highest BCUT2D eigenvalue weighted by Gasteiger charge is 2.38. The predicted octanol–water partition coefficient (Wildman–Crippen LogP) is 2.49. The molecule has 19 heavy (non-hydrogen) atoms. The summed E-state index contributed by atoms with van der Waals surface area (Å²) in [5.41, 5.74) is 0.755. The summed E-state index contributed by atoms with van der Waals surface area (Å²) in [5, 5.41) is 12.0. The number of hydrogen-bond donors (Lipinski definition) is 2. The molecule has 0 aliphatic carbocycles. The van der Waals surface area contributed by atoms with Crippen molar-refractivity contribution in [2.75, 3.05) is 6.61 Å². The number of nitrogens with one attached hydrogen (secondary N) is 1. The summed E-state index contributed by atoms with van der Waals surface area (Å²) in [6, 6.07) is 7.07. The van der Waals surface area contributed by atoms with Gasteiger partial charge in [0.05, 0.1) is 0 Å². The smallest absolute Gasteiger partial charge is 0.417 e. The first-order valence-corrected chi connectivity index (χ1v) is 5.99. The Labute approximate surface area is 110 Å². The standard InChI is InChI=1S/C13H18F3NO2/c1-9(2)17-7-10-5-3-4-6-11(10)19-8-12(18)13(14,15)16/h3-6,9,12,17-18H,7-8H2,1-2H3. The molecule has 1 aromatic carbocycles. The van der Waals surface area contributed by atoms with Crippen LogP contribution in [0, 0.1) is 0 Å². The predicted molar refractivity (Wildman–Crippen MR) is 66.0 cm³/mol. The van der Waals surface area contributed by atoms with Gasteiger partial charge in [-0.2, -0.15) is 13.2 Å². The topological polar surface area (TPSA) is 41.5 Å². The largest absolute Gasteiger partial charge is 0.490 e. The molecule has 0 aliphatic rings. The van der Waals surface area contributed by atoms with Gasteiger partial charge in [-0.05, 0) is 6.07 Å². The quantitative estimate of drug-likeness (QED) is 0.839. The average Bonchev–Trinajstić information content (AvgIpc) is 2.33. The number of aliphatic hydroxyl groups is 1. The number of ether oxygens (including phenoxy) is 1. The fourth-order valence-corrected chi connectivity index (χ4v) is 1.37. The molecule has 0 saturated heterocycles. The average molecular weight is 277 g/mol. The summed E-state index contributed by atoms with van der Waals surface area (Å²) < 4.78 is 41.5. The minimum absolute atomic E-state index is 0.258. The number of alkyl halides is 3. The van der Waals surface area contributed by atoms with Crippen molar-refractivity contribution >= 4 is 0 Å². The Hall–Kier alpha value is -1.27. The maximum atomic E-state index is 12.2. The number of para-hydroxylation sites is 1. The van der Waals surface area contributed by atoms with Crippen LogP contribution >= 0.6 is 0 Å². The SMILES string of the molecule is CC(C)NCc1ccccc1OCC(O)C(F)(F)F. The molecule has 108 valence electrons. The molecule has 0 bridgehead atoms. The zero-order valence-corrected chi connectivity index (χ0v) is 10.9.